The minimum absolute atomic E-state index is 0.421. The van der Waals surface area contributed by atoms with E-state index >= 15 is 0 Å². The summed E-state index contributed by atoms with van der Waals surface area (Å²) >= 11 is 0. The fourth-order valence-corrected chi connectivity index (χ4v) is 5.26. The third-order valence-corrected chi connectivity index (χ3v) is 7.45. The van der Waals surface area contributed by atoms with Gasteiger partial charge in [-0.2, -0.15) is 0 Å². The highest BCUT2D eigenvalue weighted by Gasteiger charge is 2.18. The van der Waals surface area contributed by atoms with Crippen LogP contribution in [0.3, 0.4) is 0 Å². The minimum atomic E-state index is -1.05. The topological polar surface area (TPSA) is 65.0 Å². The number of fused-ring (bicyclic) bond motifs is 6. The Morgan fingerprint density at radius 2 is 0.740 bits per heavy atom. The molecule has 3 aromatic heterocycles. The summed E-state index contributed by atoms with van der Waals surface area (Å²) < 4.78 is 248. The second-order valence-electron chi connectivity index (χ2n) is 10.3. The van der Waals surface area contributed by atoms with Gasteiger partial charge < -0.3 is 8.83 Å². The zero-order valence-electron chi connectivity index (χ0n) is 51.7. The van der Waals surface area contributed by atoms with E-state index in [9.17, 15) is 9.60 Å². The maximum atomic E-state index is 9.44. The molecule has 5 heteroatoms. The van der Waals surface area contributed by atoms with Crippen LogP contribution in [0.2, 0.25) is 0 Å². The minimum Gasteiger partial charge on any atom is -0.456 e. The van der Waals surface area contributed by atoms with Crippen LogP contribution >= 0.6 is 0 Å². The van der Waals surface area contributed by atoms with Gasteiger partial charge in [0.1, 0.15) is 22.3 Å². The molecule has 0 aliphatic heterocycles. The molecule has 0 aliphatic carbocycles. The van der Waals surface area contributed by atoms with Crippen molar-refractivity contribution >= 4 is 43.9 Å². The van der Waals surface area contributed by atoms with Crippen LogP contribution in [0.15, 0.2) is 172 Å². The van der Waals surface area contributed by atoms with E-state index in [-0.39, 0.29) is 0 Å². The molecule has 0 aliphatic rings. The molecule has 0 unspecified atom stereocenters. The van der Waals surface area contributed by atoms with Gasteiger partial charge in [0, 0.05) is 38.2 Å². The lowest BCUT2D eigenvalue weighted by atomic mass is 9.98. The Balaban J connectivity index is 1.35. The Labute approximate surface area is 325 Å². The van der Waals surface area contributed by atoms with Crippen LogP contribution in [-0.2, 0) is 0 Å². The average Bonchev–Trinajstić information content (AvgIpc) is 4.13. The SMILES string of the molecule is [2H]c1c([2H])c([2H])c(-c2c([2H])c([2H])c(-c3nc(-c4c([2H])c([2H])c(-c5c([2H])c([2H])c([2H])c6oc7c([2H])c([2H])c([2H])c([2H])c7c56)c([2H])c4[2H])nc(-c4c([2H])c([2H])c([2H])c5oc6c([2H])c([2H])c([2H])c([2H])c6c45)n3)c([2H])c2[2H])c([2H])c1[2H]. The first-order valence-electron chi connectivity index (χ1n) is 27.9. The number of hydrogen-bond donors (Lipinski definition) is 0. The molecule has 0 amide bonds. The van der Waals surface area contributed by atoms with Gasteiger partial charge in [0.15, 0.2) is 17.5 Å². The summed E-state index contributed by atoms with van der Waals surface area (Å²) in [6.07, 6.45) is 0. The molecule has 0 N–H and O–H groups in total. The van der Waals surface area contributed by atoms with Gasteiger partial charge in [-0.25, -0.2) is 15.0 Å². The van der Waals surface area contributed by atoms with E-state index in [4.69, 9.17) is 36.2 Å². The number of benzene rings is 7. The summed E-state index contributed by atoms with van der Waals surface area (Å²) in [4.78, 5) is 13.1. The van der Waals surface area contributed by atoms with Gasteiger partial charge in [-0.1, -0.05) is 139 Å². The molecule has 0 radical (unpaired) electrons. The number of nitrogens with zero attached hydrogens (tertiary/aromatic N) is 3. The average molecular weight is 669 g/mol. The predicted molar refractivity (Wildman–Crippen MR) is 202 cm³/mol. The summed E-state index contributed by atoms with van der Waals surface area (Å²) in [6.45, 7) is 0. The van der Waals surface area contributed by atoms with Crippen LogP contribution in [0, 0.1) is 0 Å². The van der Waals surface area contributed by atoms with Gasteiger partial charge in [0.05, 0.1) is 37.0 Å². The molecule has 10 rings (SSSR count). The van der Waals surface area contributed by atoms with Gasteiger partial charge in [-0.3, -0.25) is 0 Å². The number of aromatic nitrogens is 3. The predicted octanol–water partition coefficient (Wildman–Crippen LogP) is 12.0. The molecule has 0 atom stereocenters. The monoisotopic (exact) mass is 668 g/mol. The second kappa shape index (κ2) is 11.4. The third-order valence-electron chi connectivity index (χ3n) is 7.45. The lowest BCUT2D eigenvalue weighted by Crippen LogP contribution is -2.00. The van der Waals surface area contributed by atoms with E-state index in [0.717, 1.165) is 0 Å². The maximum Gasteiger partial charge on any atom is 0.164 e. The maximum absolute atomic E-state index is 9.44. The molecule has 234 valence electrons. The molecular weight excluding hydrogens is 615 g/mol. The normalized spacial score (nSPS) is 19.2. The van der Waals surface area contributed by atoms with Crippen molar-refractivity contribution in [1.29, 1.82) is 0 Å². The van der Waals surface area contributed by atoms with Crippen LogP contribution in [0.1, 0.15) is 37.0 Å². The van der Waals surface area contributed by atoms with E-state index in [1.807, 2.05) is 0 Å². The number of hydrogen-bond acceptors (Lipinski definition) is 5. The van der Waals surface area contributed by atoms with Crippen LogP contribution in [0.5, 0.6) is 0 Å². The van der Waals surface area contributed by atoms with Crippen LogP contribution in [-0.4, -0.2) is 15.0 Å². The van der Waals surface area contributed by atoms with Crippen LogP contribution in [0.4, 0.5) is 0 Å². The fraction of sp³-hybridized carbons (Fsp3) is 0. The Bertz CT molecular complexity index is 4350. The van der Waals surface area contributed by atoms with Crippen molar-refractivity contribution in [3.63, 3.8) is 0 Å². The van der Waals surface area contributed by atoms with Gasteiger partial charge in [-0.05, 0) is 46.4 Å². The summed E-state index contributed by atoms with van der Waals surface area (Å²) in [7, 11) is 0. The first-order chi connectivity index (χ1) is 36.0. The first kappa shape index (κ1) is 12.2. The van der Waals surface area contributed by atoms with E-state index in [2.05, 4.69) is 15.0 Å². The Kier molecular flexibility index (Phi) is 2.79. The largest absolute Gasteiger partial charge is 0.456 e. The van der Waals surface area contributed by atoms with Crippen LogP contribution < -0.4 is 0 Å². The van der Waals surface area contributed by atoms with Crippen molar-refractivity contribution in [2.45, 2.75) is 0 Å². The molecule has 50 heavy (non-hydrogen) atoms. The molecule has 7 aromatic carbocycles. The summed E-state index contributed by atoms with van der Waals surface area (Å²) in [5.74, 6) is -2.65. The second-order valence-corrected chi connectivity index (χ2v) is 10.3. The molecule has 0 saturated carbocycles. The quantitative estimate of drug-likeness (QED) is 0.183. The first-order valence-corrected chi connectivity index (χ1v) is 14.4. The molecular formula is C45H27N3O2. The van der Waals surface area contributed by atoms with Gasteiger partial charge in [0.2, 0.25) is 0 Å². The Morgan fingerprint density at radius 3 is 1.34 bits per heavy atom. The zero-order valence-corrected chi connectivity index (χ0v) is 24.7. The van der Waals surface area contributed by atoms with Crippen molar-refractivity contribution < 1.29 is 45.8 Å². The lowest BCUT2D eigenvalue weighted by Gasteiger charge is -2.11. The zero-order chi connectivity index (χ0) is 56.5. The van der Waals surface area contributed by atoms with Crippen molar-refractivity contribution in [2.75, 3.05) is 0 Å². The molecule has 0 spiro atoms. The van der Waals surface area contributed by atoms with E-state index in [1.54, 1.807) is 0 Å². The summed E-state index contributed by atoms with van der Waals surface area (Å²) in [6, 6.07) is -23.7. The summed E-state index contributed by atoms with van der Waals surface area (Å²) in [5.41, 5.74) is -7.40. The highest BCUT2D eigenvalue weighted by Crippen LogP contribution is 2.39. The van der Waals surface area contributed by atoms with Gasteiger partial charge >= 0.3 is 0 Å². The van der Waals surface area contributed by atoms with E-state index in [1.165, 1.54) is 0 Å². The smallest absolute Gasteiger partial charge is 0.164 e. The third kappa shape index (κ3) is 4.67. The van der Waals surface area contributed by atoms with Crippen molar-refractivity contribution in [3.8, 4) is 56.4 Å². The molecule has 0 bridgehead atoms. The molecule has 0 fully saturated rings. The van der Waals surface area contributed by atoms with Crippen molar-refractivity contribution in [1.82, 2.24) is 15.0 Å². The molecule has 0 saturated heterocycles. The van der Waals surface area contributed by atoms with E-state index in [0.29, 0.717) is 0 Å². The molecule has 3 heterocycles. The van der Waals surface area contributed by atoms with Gasteiger partial charge in [0.25, 0.3) is 0 Å². The number of para-hydroxylation sites is 2. The Hall–Kier alpha value is -6.85. The summed E-state index contributed by atoms with van der Waals surface area (Å²) in [5, 5.41) is -1.77. The lowest BCUT2D eigenvalue weighted by molar-refractivity contribution is 0.668. The number of furan rings is 2. The van der Waals surface area contributed by atoms with Crippen molar-refractivity contribution in [3.05, 3.63) is 163 Å². The van der Waals surface area contributed by atoms with Crippen LogP contribution in [0.25, 0.3) is 100 Å². The number of rotatable bonds is 5. The van der Waals surface area contributed by atoms with Gasteiger partial charge in [-0.15, -0.1) is 0 Å². The standard InChI is InChI=1S/C45H27N3O2/c1-2-10-28(11-3-1)29-20-24-31(25-21-29)43-46-44(48-45(47-43)36-15-9-19-40-42(36)35-13-5-7-17-38(35)50-40)32-26-22-30(23-27-32)33-14-8-18-39-41(33)34-12-4-6-16-37(34)49-39/h1-27H/i1D,2D,3D,4D,5D,6D,7D,8D,9D,10D,11D,12D,13D,14D,15D,16D,17D,18D,19D,20D,21D,22D,23D,24D,25D,26D,27D. The highest BCUT2D eigenvalue weighted by atomic mass is 16.3. The van der Waals surface area contributed by atoms with E-state index < -0.39 is 263 Å². The Morgan fingerprint density at radius 1 is 0.320 bits per heavy atom. The molecule has 5 nitrogen and oxygen atoms in total. The highest BCUT2D eigenvalue weighted by molar-refractivity contribution is 6.13. The molecule has 10 aromatic rings. The van der Waals surface area contributed by atoms with Crippen molar-refractivity contribution in [2.24, 2.45) is 0 Å². The fourth-order valence-electron chi connectivity index (χ4n) is 5.26.